The molecular weight excluding hydrogens is 461 g/mol. The number of nitrogens with two attached hydrogens (primary N) is 1. The van der Waals surface area contributed by atoms with Crippen molar-refractivity contribution >= 4 is 17.8 Å². The highest BCUT2D eigenvalue weighted by molar-refractivity contribution is 5.98. The summed E-state index contributed by atoms with van der Waals surface area (Å²) in [5.41, 5.74) is 6.02. The monoisotopic (exact) mass is 486 g/mol. The summed E-state index contributed by atoms with van der Waals surface area (Å²) in [7, 11) is 0. The second-order valence-electron chi connectivity index (χ2n) is 8.63. The summed E-state index contributed by atoms with van der Waals surface area (Å²) in [6.07, 6.45) is 1.54. The molecule has 1 saturated carbocycles. The van der Waals surface area contributed by atoms with Gasteiger partial charge in [0, 0.05) is 30.1 Å². The lowest BCUT2D eigenvalue weighted by molar-refractivity contribution is -0.141. The normalized spacial score (nSPS) is 21.8. The van der Waals surface area contributed by atoms with Crippen LogP contribution in [-0.2, 0) is 6.18 Å². The van der Waals surface area contributed by atoms with Gasteiger partial charge in [0.1, 0.15) is 12.3 Å². The molecule has 2 N–H and O–H groups in total. The summed E-state index contributed by atoms with van der Waals surface area (Å²) in [6, 6.07) is 5.19. The number of carbonyl (C=O) groups excluding carboxylic acids is 1. The lowest BCUT2D eigenvalue weighted by Gasteiger charge is -2.35. The number of rotatable bonds is 7. The number of likely N-dealkylation sites (tertiary alicyclic amines) is 1. The first-order chi connectivity index (χ1) is 16.7. The van der Waals surface area contributed by atoms with Gasteiger partial charge in [-0.2, -0.15) is 13.2 Å². The molecule has 2 aliphatic rings. The number of ether oxygens (including phenoxy) is 1. The van der Waals surface area contributed by atoms with E-state index in [1.165, 1.54) is 12.4 Å². The Labute approximate surface area is 200 Å². The minimum absolute atomic E-state index is 0.0339. The molecule has 184 valence electrons. The van der Waals surface area contributed by atoms with E-state index in [2.05, 4.69) is 26.8 Å². The van der Waals surface area contributed by atoms with E-state index in [9.17, 15) is 18.0 Å². The molecule has 0 spiro atoms. The van der Waals surface area contributed by atoms with Crippen LogP contribution in [0, 0.1) is 18.8 Å². The van der Waals surface area contributed by atoms with Crippen LogP contribution in [0.4, 0.5) is 13.2 Å². The number of hydrogen-bond acceptors (Lipinski definition) is 7. The van der Waals surface area contributed by atoms with Crippen LogP contribution < -0.4 is 10.5 Å². The number of halogens is 3. The molecule has 0 bridgehead atoms. The molecule has 0 radical (unpaired) electrons. The topological polar surface area (TPSA) is 107 Å². The van der Waals surface area contributed by atoms with Crippen LogP contribution in [-0.4, -0.2) is 51.4 Å². The predicted octanol–water partition coefficient (Wildman–Crippen LogP) is 3.64. The highest BCUT2D eigenvalue weighted by Gasteiger charge is 2.47. The number of aryl methyl sites for hydroxylation is 1. The third kappa shape index (κ3) is 5.67. The van der Waals surface area contributed by atoms with Crippen LogP contribution in [0.3, 0.4) is 0 Å². The summed E-state index contributed by atoms with van der Waals surface area (Å²) in [5.74, 6) is 0.615. The minimum atomic E-state index is -4.58. The summed E-state index contributed by atoms with van der Waals surface area (Å²) >= 11 is 0. The minimum Gasteiger partial charge on any atom is -0.474 e. The van der Waals surface area contributed by atoms with Crippen molar-refractivity contribution in [1.29, 1.82) is 0 Å². The quantitative estimate of drug-likeness (QED) is 0.599. The Hall–Kier alpha value is -3.76. The fourth-order valence-electron chi connectivity index (χ4n) is 4.18. The Morgan fingerprint density at radius 3 is 2.74 bits per heavy atom. The van der Waals surface area contributed by atoms with E-state index in [0.717, 1.165) is 25.0 Å². The van der Waals surface area contributed by atoms with Gasteiger partial charge >= 0.3 is 6.18 Å². The van der Waals surface area contributed by atoms with E-state index in [-0.39, 0.29) is 30.1 Å². The van der Waals surface area contributed by atoms with Gasteiger partial charge in [-0.3, -0.25) is 9.79 Å². The largest absolute Gasteiger partial charge is 0.474 e. The first-order valence-corrected chi connectivity index (χ1v) is 11.1. The molecule has 3 heterocycles. The maximum atomic E-state index is 13.7. The van der Waals surface area contributed by atoms with Gasteiger partial charge in [0.2, 0.25) is 5.88 Å². The zero-order valence-corrected chi connectivity index (χ0v) is 19.1. The second-order valence-corrected chi connectivity index (χ2v) is 8.63. The van der Waals surface area contributed by atoms with Crippen molar-refractivity contribution in [2.75, 3.05) is 13.2 Å². The van der Waals surface area contributed by atoms with Gasteiger partial charge in [-0.15, -0.1) is 10.2 Å². The molecule has 2 aromatic rings. The predicted molar refractivity (Wildman–Crippen MR) is 123 cm³/mol. The van der Waals surface area contributed by atoms with Crippen molar-refractivity contribution in [3.63, 3.8) is 0 Å². The van der Waals surface area contributed by atoms with Crippen LogP contribution >= 0.6 is 0 Å². The first kappa shape index (κ1) is 24.4. The number of aliphatic imine (C=N–C) groups is 1. The maximum absolute atomic E-state index is 13.7. The van der Waals surface area contributed by atoms with Crippen molar-refractivity contribution in [2.45, 2.75) is 32.0 Å². The number of alkyl halides is 3. The third-order valence-electron chi connectivity index (χ3n) is 6.11. The molecule has 1 unspecified atom stereocenters. The SMILES string of the molecule is C=C(N=C/C=C\N)c1ccc(C)nc1C(=O)N1CC2C[C@@H]2C[C@H]1COc1ccc(C(F)(F)F)nn1. The van der Waals surface area contributed by atoms with E-state index < -0.39 is 11.9 Å². The van der Waals surface area contributed by atoms with Crippen LogP contribution in [0.15, 0.2) is 48.1 Å². The van der Waals surface area contributed by atoms with Crippen molar-refractivity contribution in [3.8, 4) is 5.88 Å². The fourth-order valence-corrected chi connectivity index (χ4v) is 4.18. The van der Waals surface area contributed by atoms with Gasteiger partial charge in [-0.05, 0) is 62.1 Å². The van der Waals surface area contributed by atoms with E-state index >= 15 is 0 Å². The van der Waals surface area contributed by atoms with Gasteiger partial charge in [-0.1, -0.05) is 6.58 Å². The molecule has 1 amide bonds. The van der Waals surface area contributed by atoms with Gasteiger partial charge in [0.05, 0.1) is 11.7 Å². The Morgan fingerprint density at radius 1 is 1.26 bits per heavy atom. The molecule has 2 fully saturated rings. The van der Waals surface area contributed by atoms with E-state index in [1.54, 1.807) is 30.0 Å². The molecule has 0 aromatic carbocycles. The molecule has 3 atom stereocenters. The maximum Gasteiger partial charge on any atom is 0.435 e. The number of aromatic nitrogens is 3. The fraction of sp³-hybridized carbons (Fsp3) is 0.375. The summed E-state index contributed by atoms with van der Waals surface area (Å²) < 4.78 is 43.8. The summed E-state index contributed by atoms with van der Waals surface area (Å²) in [6.45, 7) is 6.38. The lowest BCUT2D eigenvalue weighted by Crippen LogP contribution is -2.48. The van der Waals surface area contributed by atoms with Crippen LogP contribution in [0.1, 0.15) is 40.3 Å². The second kappa shape index (κ2) is 9.85. The highest BCUT2D eigenvalue weighted by Crippen LogP contribution is 2.47. The molecule has 2 aromatic heterocycles. The number of hydrogen-bond donors (Lipinski definition) is 1. The zero-order chi connectivity index (χ0) is 25.2. The molecule has 11 heteroatoms. The van der Waals surface area contributed by atoms with Gasteiger partial charge in [0.25, 0.3) is 5.91 Å². The molecule has 4 rings (SSSR count). The van der Waals surface area contributed by atoms with E-state index in [0.29, 0.717) is 35.3 Å². The molecule has 1 aliphatic carbocycles. The number of allylic oxidation sites excluding steroid dienone is 1. The van der Waals surface area contributed by atoms with Gasteiger partial charge in [0.15, 0.2) is 5.69 Å². The number of fused-ring (bicyclic) bond motifs is 1. The van der Waals surface area contributed by atoms with Gasteiger partial charge in [-0.25, -0.2) is 4.98 Å². The average Bonchev–Trinajstić information content (AvgIpc) is 3.60. The highest BCUT2D eigenvalue weighted by atomic mass is 19.4. The molecule has 1 saturated heterocycles. The van der Waals surface area contributed by atoms with Crippen LogP contribution in [0.2, 0.25) is 0 Å². The zero-order valence-electron chi connectivity index (χ0n) is 19.1. The van der Waals surface area contributed by atoms with Crippen molar-refractivity contribution in [3.05, 3.63) is 65.8 Å². The van der Waals surface area contributed by atoms with E-state index in [4.69, 9.17) is 10.5 Å². The average molecular weight is 486 g/mol. The number of piperidine rings is 1. The summed E-state index contributed by atoms with van der Waals surface area (Å²) in [5, 5.41) is 6.71. The third-order valence-corrected chi connectivity index (χ3v) is 6.11. The number of nitrogens with zero attached hydrogens (tertiary/aromatic N) is 5. The lowest BCUT2D eigenvalue weighted by atomic mass is 10.0. The van der Waals surface area contributed by atoms with Crippen LogP contribution in [0.25, 0.3) is 5.70 Å². The van der Waals surface area contributed by atoms with Crippen molar-refractivity contribution < 1.29 is 22.7 Å². The number of carbonyl (C=O) groups is 1. The first-order valence-electron chi connectivity index (χ1n) is 11.1. The summed E-state index contributed by atoms with van der Waals surface area (Å²) in [4.78, 5) is 24.1. The number of amides is 1. The van der Waals surface area contributed by atoms with Crippen LogP contribution in [0.5, 0.6) is 5.88 Å². The Morgan fingerprint density at radius 2 is 2.06 bits per heavy atom. The van der Waals surface area contributed by atoms with Crippen molar-refractivity contribution in [1.82, 2.24) is 20.1 Å². The molecule has 1 aliphatic heterocycles. The van der Waals surface area contributed by atoms with Crippen molar-refractivity contribution in [2.24, 2.45) is 22.6 Å². The van der Waals surface area contributed by atoms with Gasteiger partial charge < -0.3 is 15.4 Å². The standard InChI is InChI=1S/C24H25F3N6O2/c1-14-4-5-19(15(2)29-9-3-8-28)22(30-14)23(34)33-12-17-10-16(17)11-18(33)13-35-21-7-6-20(31-32-21)24(25,26)27/h3-9,16-18H,2,10-13,28H2,1H3/b8-3-,29-9?/t16-,17?,18+/m1/s1. The molecule has 35 heavy (non-hydrogen) atoms. The Bertz CT molecular complexity index is 1160. The molecular formula is C24H25F3N6O2. The Balaban J connectivity index is 1.53. The molecule has 8 nitrogen and oxygen atoms in total. The van der Waals surface area contributed by atoms with E-state index in [1.807, 2.05) is 0 Å². The Kier molecular flexibility index (Phi) is 6.86. The number of pyridine rings is 1. The smallest absolute Gasteiger partial charge is 0.435 e.